The van der Waals surface area contributed by atoms with Gasteiger partial charge < -0.3 is 0 Å². The molecule has 0 spiro atoms. The first kappa shape index (κ1) is 14.9. The van der Waals surface area contributed by atoms with E-state index < -0.39 is 0 Å². The summed E-state index contributed by atoms with van der Waals surface area (Å²) in [5.74, 6) is 0.418. The Kier molecular flexibility index (Phi) is 4.69. The standard InChI is InChI=1S/C15H15Cl2N3/c1-10(2)7-14-12(8-18)15(17)20(19-14)9-11-5-3-4-6-13(11)16/h3-6,10H,7,9H2,1-2H3. The van der Waals surface area contributed by atoms with Gasteiger partial charge in [0.15, 0.2) is 0 Å². The lowest BCUT2D eigenvalue weighted by Gasteiger charge is -2.05. The Morgan fingerprint density at radius 2 is 2.00 bits per heavy atom. The molecule has 0 aliphatic rings. The average molecular weight is 308 g/mol. The van der Waals surface area contributed by atoms with Crippen LogP contribution in [0.3, 0.4) is 0 Å². The largest absolute Gasteiger partial charge is 0.248 e. The topological polar surface area (TPSA) is 41.6 Å². The van der Waals surface area contributed by atoms with Crippen LogP contribution in [0.4, 0.5) is 0 Å². The second-order valence-corrected chi connectivity index (χ2v) is 5.84. The van der Waals surface area contributed by atoms with E-state index in [2.05, 4.69) is 25.0 Å². The molecular formula is C15H15Cl2N3. The van der Waals surface area contributed by atoms with Crippen LogP contribution in [0.15, 0.2) is 24.3 Å². The summed E-state index contributed by atoms with van der Waals surface area (Å²) in [6.07, 6.45) is 0.734. The van der Waals surface area contributed by atoms with Crippen LogP contribution in [0, 0.1) is 17.2 Å². The van der Waals surface area contributed by atoms with Crippen molar-refractivity contribution in [3.63, 3.8) is 0 Å². The van der Waals surface area contributed by atoms with Crippen molar-refractivity contribution in [3.8, 4) is 6.07 Å². The zero-order valence-corrected chi connectivity index (χ0v) is 12.9. The normalized spacial score (nSPS) is 10.8. The lowest BCUT2D eigenvalue weighted by Crippen LogP contribution is -2.04. The van der Waals surface area contributed by atoms with Crippen molar-refractivity contribution < 1.29 is 0 Å². The van der Waals surface area contributed by atoms with E-state index in [1.54, 1.807) is 4.68 Å². The van der Waals surface area contributed by atoms with Crippen molar-refractivity contribution >= 4 is 23.2 Å². The van der Waals surface area contributed by atoms with E-state index >= 15 is 0 Å². The molecule has 1 aromatic heterocycles. The molecule has 0 saturated carbocycles. The van der Waals surface area contributed by atoms with Crippen molar-refractivity contribution in [2.75, 3.05) is 0 Å². The van der Waals surface area contributed by atoms with Gasteiger partial charge in [-0.15, -0.1) is 0 Å². The molecular weight excluding hydrogens is 293 g/mol. The van der Waals surface area contributed by atoms with Gasteiger partial charge >= 0.3 is 0 Å². The van der Waals surface area contributed by atoms with E-state index in [-0.39, 0.29) is 0 Å². The molecule has 3 nitrogen and oxygen atoms in total. The highest BCUT2D eigenvalue weighted by Gasteiger charge is 2.17. The summed E-state index contributed by atoms with van der Waals surface area (Å²) >= 11 is 12.4. The van der Waals surface area contributed by atoms with E-state index in [0.717, 1.165) is 17.7 Å². The molecule has 0 radical (unpaired) electrons. The Morgan fingerprint density at radius 1 is 1.30 bits per heavy atom. The first-order valence-corrected chi connectivity index (χ1v) is 7.17. The summed E-state index contributed by atoms with van der Waals surface area (Å²) in [7, 11) is 0. The molecule has 1 heterocycles. The average Bonchev–Trinajstić information content (AvgIpc) is 2.67. The van der Waals surface area contributed by atoms with Crippen LogP contribution >= 0.6 is 23.2 Å². The second kappa shape index (κ2) is 6.30. The minimum atomic E-state index is 0.378. The summed E-state index contributed by atoms with van der Waals surface area (Å²) in [6.45, 7) is 4.63. The van der Waals surface area contributed by atoms with Crippen LogP contribution in [-0.2, 0) is 13.0 Å². The fourth-order valence-electron chi connectivity index (χ4n) is 2.02. The molecule has 0 fully saturated rings. The van der Waals surface area contributed by atoms with E-state index in [9.17, 15) is 5.26 Å². The van der Waals surface area contributed by atoms with Crippen molar-refractivity contribution in [2.45, 2.75) is 26.8 Å². The molecule has 1 aromatic carbocycles. The van der Waals surface area contributed by atoms with Gasteiger partial charge in [-0.05, 0) is 24.0 Å². The molecule has 2 aromatic rings. The van der Waals surface area contributed by atoms with Gasteiger partial charge in [0.1, 0.15) is 16.8 Å². The number of halogens is 2. The van der Waals surface area contributed by atoms with E-state index in [4.69, 9.17) is 23.2 Å². The van der Waals surface area contributed by atoms with Crippen molar-refractivity contribution in [3.05, 3.63) is 51.3 Å². The maximum atomic E-state index is 9.23. The first-order chi connectivity index (χ1) is 9.52. The van der Waals surface area contributed by atoms with Gasteiger partial charge in [-0.25, -0.2) is 4.68 Å². The Morgan fingerprint density at radius 3 is 2.60 bits per heavy atom. The van der Waals surface area contributed by atoms with Crippen molar-refractivity contribution in [1.82, 2.24) is 9.78 Å². The predicted octanol–water partition coefficient (Wildman–Crippen LogP) is 4.31. The SMILES string of the molecule is CC(C)Cc1nn(Cc2ccccc2Cl)c(Cl)c1C#N. The highest BCUT2D eigenvalue weighted by molar-refractivity contribution is 6.31. The Hall–Kier alpha value is -1.50. The first-order valence-electron chi connectivity index (χ1n) is 6.41. The zero-order chi connectivity index (χ0) is 14.7. The quantitative estimate of drug-likeness (QED) is 0.844. The highest BCUT2D eigenvalue weighted by Crippen LogP contribution is 2.24. The molecule has 0 amide bonds. The number of hydrogen-bond donors (Lipinski definition) is 0. The van der Waals surface area contributed by atoms with Crippen LogP contribution in [0.25, 0.3) is 0 Å². The van der Waals surface area contributed by atoms with Crippen LogP contribution in [0.5, 0.6) is 0 Å². The molecule has 5 heteroatoms. The van der Waals surface area contributed by atoms with Gasteiger partial charge in [-0.2, -0.15) is 10.4 Å². The zero-order valence-electron chi connectivity index (χ0n) is 11.4. The number of hydrogen-bond acceptors (Lipinski definition) is 2. The maximum absolute atomic E-state index is 9.23. The molecule has 0 aliphatic heterocycles. The predicted molar refractivity (Wildman–Crippen MR) is 81.0 cm³/mol. The van der Waals surface area contributed by atoms with Crippen LogP contribution < -0.4 is 0 Å². The van der Waals surface area contributed by atoms with E-state index in [1.165, 1.54) is 0 Å². The van der Waals surface area contributed by atoms with Crippen molar-refractivity contribution in [1.29, 1.82) is 5.26 Å². The maximum Gasteiger partial charge on any atom is 0.145 e. The Bertz CT molecular complexity index is 654. The molecule has 0 N–H and O–H groups in total. The molecule has 0 unspecified atom stereocenters. The third kappa shape index (κ3) is 3.15. The number of nitrogens with zero attached hydrogens (tertiary/aromatic N) is 3. The molecule has 104 valence electrons. The summed E-state index contributed by atoms with van der Waals surface area (Å²) in [5, 5.41) is 14.7. The van der Waals surface area contributed by atoms with Gasteiger partial charge in [0.2, 0.25) is 0 Å². The van der Waals surface area contributed by atoms with Gasteiger partial charge in [0.25, 0.3) is 0 Å². The van der Waals surface area contributed by atoms with Gasteiger partial charge in [-0.3, -0.25) is 0 Å². The molecule has 2 rings (SSSR count). The lowest BCUT2D eigenvalue weighted by molar-refractivity contribution is 0.608. The van der Waals surface area contributed by atoms with E-state index in [0.29, 0.717) is 28.2 Å². The minimum absolute atomic E-state index is 0.378. The van der Waals surface area contributed by atoms with E-state index in [1.807, 2.05) is 24.3 Å². The minimum Gasteiger partial charge on any atom is -0.248 e. The molecule has 20 heavy (non-hydrogen) atoms. The fraction of sp³-hybridized carbons (Fsp3) is 0.333. The van der Waals surface area contributed by atoms with Gasteiger partial charge in [-0.1, -0.05) is 55.2 Å². The van der Waals surface area contributed by atoms with Crippen LogP contribution in [-0.4, -0.2) is 9.78 Å². The monoisotopic (exact) mass is 307 g/mol. The molecule has 0 aliphatic carbocycles. The molecule has 0 atom stereocenters. The highest BCUT2D eigenvalue weighted by atomic mass is 35.5. The lowest BCUT2D eigenvalue weighted by atomic mass is 10.1. The number of rotatable bonds is 4. The van der Waals surface area contributed by atoms with Gasteiger partial charge in [0.05, 0.1) is 12.2 Å². The fourth-order valence-corrected chi connectivity index (χ4v) is 2.47. The summed E-state index contributed by atoms with van der Waals surface area (Å²) in [5.41, 5.74) is 2.14. The third-order valence-electron chi connectivity index (χ3n) is 2.95. The number of nitriles is 1. The summed E-state index contributed by atoms with van der Waals surface area (Å²) < 4.78 is 1.64. The molecule has 0 bridgehead atoms. The van der Waals surface area contributed by atoms with Crippen molar-refractivity contribution in [2.24, 2.45) is 5.92 Å². The van der Waals surface area contributed by atoms with Crippen LogP contribution in [0.1, 0.15) is 30.7 Å². The summed E-state index contributed by atoms with van der Waals surface area (Å²) in [4.78, 5) is 0. The number of benzene rings is 1. The van der Waals surface area contributed by atoms with Crippen LogP contribution in [0.2, 0.25) is 10.2 Å². The Balaban J connectivity index is 2.36. The summed E-state index contributed by atoms with van der Waals surface area (Å²) in [6, 6.07) is 9.69. The van der Waals surface area contributed by atoms with Gasteiger partial charge in [0, 0.05) is 5.02 Å². The molecule has 0 saturated heterocycles. The second-order valence-electron chi connectivity index (χ2n) is 5.07. The smallest absolute Gasteiger partial charge is 0.145 e. The Labute approximate surface area is 128 Å². The third-order valence-corrected chi connectivity index (χ3v) is 3.71. The number of aromatic nitrogens is 2.